The van der Waals surface area contributed by atoms with Crippen molar-refractivity contribution in [1.82, 2.24) is 9.97 Å². The fraction of sp³-hybridized carbons (Fsp3) is 0.0556. The number of aromatic hydroxyl groups is 1. The Kier molecular flexibility index (Phi) is 5.39. The Morgan fingerprint density at radius 2 is 1.79 bits per heavy atom. The number of para-hydroxylation sites is 2. The van der Waals surface area contributed by atoms with E-state index in [1.807, 2.05) is 0 Å². The molecule has 0 saturated carbocycles. The van der Waals surface area contributed by atoms with E-state index in [1.54, 1.807) is 24.3 Å². The number of benzene rings is 2. The first-order valence-corrected chi connectivity index (χ1v) is 8.15. The first kappa shape index (κ1) is 19.4. The Balaban J connectivity index is 2.10. The Labute approximate surface area is 163 Å². The molecular formula is C18H15N5O6. The summed E-state index contributed by atoms with van der Waals surface area (Å²) in [5, 5.41) is 35.8. The lowest BCUT2D eigenvalue weighted by Crippen LogP contribution is -2.13. The van der Waals surface area contributed by atoms with E-state index in [0.29, 0.717) is 17.1 Å². The van der Waals surface area contributed by atoms with Crippen molar-refractivity contribution in [3.63, 3.8) is 0 Å². The van der Waals surface area contributed by atoms with Gasteiger partial charge in [0.15, 0.2) is 0 Å². The summed E-state index contributed by atoms with van der Waals surface area (Å²) < 4.78 is 5.20. The van der Waals surface area contributed by atoms with Gasteiger partial charge in [0.05, 0.1) is 17.7 Å². The van der Waals surface area contributed by atoms with Crippen LogP contribution in [0.15, 0.2) is 48.5 Å². The average Bonchev–Trinajstić information content (AvgIpc) is 2.69. The Hall–Kier alpha value is -4.41. The minimum absolute atomic E-state index is 0.0323. The van der Waals surface area contributed by atoms with Crippen LogP contribution in [0.4, 0.5) is 28.8 Å². The Bertz CT molecular complexity index is 1070. The number of hydrogen-bond donors (Lipinski definition) is 4. The van der Waals surface area contributed by atoms with Crippen LogP contribution >= 0.6 is 0 Å². The van der Waals surface area contributed by atoms with Crippen molar-refractivity contribution in [2.75, 3.05) is 17.7 Å². The largest absolute Gasteiger partial charge is 0.508 e. The molecule has 0 aliphatic rings. The highest BCUT2D eigenvalue weighted by molar-refractivity contribution is 5.94. The molecule has 29 heavy (non-hydrogen) atoms. The van der Waals surface area contributed by atoms with Gasteiger partial charge < -0.3 is 25.6 Å². The van der Waals surface area contributed by atoms with Crippen LogP contribution in [0.25, 0.3) is 0 Å². The minimum atomic E-state index is -1.59. The first-order valence-electron chi connectivity index (χ1n) is 8.15. The fourth-order valence-corrected chi connectivity index (χ4v) is 2.47. The summed E-state index contributed by atoms with van der Waals surface area (Å²) in [5.41, 5.74) is -0.789. The second-order valence-corrected chi connectivity index (χ2v) is 5.65. The second-order valence-electron chi connectivity index (χ2n) is 5.65. The molecule has 0 aliphatic carbocycles. The summed E-state index contributed by atoms with van der Waals surface area (Å²) in [6.07, 6.45) is 0. The average molecular weight is 397 g/mol. The fourth-order valence-electron chi connectivity index (χ4n) is 2.47. The van der Waals surface area contributed by atoms with Crippen LogP contribution in [0.1, 0.15) is 10.5 Å². The molecule has 4 N–H and O–H groups in total. The van der Waals surface area contributed by atoms with Gasteiger partial charge in [-0.25, -0.2) is 4.79 Å². The van der Waals surface area contributed by atoms with Crippen LogP contribution in [0.3, 0.4) is 0 Å². The summed E-state index contributed by atoms with van der Waals surface area (Å²) in [6, 6.07) is 12.4. The lowest BCUT2D eigenvalue weighted by atomic mass is 10.2. The normalized spacial score (nSPS) is 10.2. The molecular weight excluding hydrogens is 382 g/mol. The molecule has 0 radical (unpaired) electrons. The number of phenols is 1. The Morgan fingerprint density at radius 3 is 2.41 bits per heavy atom. The van der Waals surface area contributed by atoms with Crippen LogP contribution in [0, 0.1) is 10.1 Å². The minimum Gasteiger partial charge on any atom is -0.508 e. The number of carboxylic acids is 1. The molecule has 0 amide bonds. The van der Waals surface area contributed by atoms with Crippen molar-refractivity contribution < 1.29 is 24.7 Å². The molecule has 2 aromatic carbocycles. The van der Waals surface area contributed by atoms with Gasteiger partial charge in [-0.2, -0.15) is 9.97 Å². The number of aromatic nitrogens is 2. The van der Waals surface area contributed by atoms with Crippen molar-refractivity contribution in [1.29, 1.82) is 0 Å². The van der Waals surface area contributed by atoms with E-state index in [2.05, 4.69) is 20.6 Å². The number of carboxylic acid groups (broad SMARTS) is 1. The number of ether oxygens (including phenoxy) is 1. The highest BCUT2D eigenvalue weighted by Gasteiger charge is 2.30. The standard InChI is InChI=1S/C18H15N5O6/c1-29-13-5-3-2-4-12(13)20-16-15(23(27)28)14(17(25)26)21-18(22-16)19-10-6-8-11(24)9-7-10/h2-9,24H,1H3,(H,25,26)(H2,19,20,21,22). The second kappa shape index (κ2) is 8.08. The lowest BCUT2D eigenvalue weighted by Gasteiger charge is -2.13. The topological polar surface area (TPSA) is 160 Å². The third kappa shape index (κ3) is 4.30. The monoisotopic (exact) mass is 397 g/mol. The van der Waals surface area contributed by atoms with Gasteiger partial charge in [-0.15, -0.1) is 0 Å². The molecule has 3 rings (SSSR count). The van der Waals surface area contributed by atoms with Gasteiger partial charge in [-0.05, 0) is 36.4 Å². The molecule has 0 aliphatic heterocycles. The first-order chi connectivity index (χ1) is 13.9. The maximum atomic E-state index is 11.6. The van der Waals surface area contributed by atoms with Gasteiger partial charge in [0.25, 0.3) is 0 Å². The van der Waals surface area contributed by atoms with Gasteiger partial charge >= 0.3 is 11.7 Å². The maximum absolute atomic E-state index is 11.6. The van der Waals surface area contributed by atoms with E-state index in [1.165, 1.54) is 31.4 Å². The van der Waals surface area contributed by atoms with E-state index in [-0.39, 0.29) is 17.5 Å². The molecule has 1 aromatic heterocycles. The molecule has 0 spiro atoms. The van der Waals surface area contributed by atoms with Gasteiger partial charge in [0.1, 0.15) is 11.5 Å². The zero-order chi connectivity index (χ0) is 21.0. The molecule has 1 heterocycles. The number of hydrogen-bond acceptors (Lipinski definition) is 9. The quantitative estimate of drug-likeness (QED) is 0.264. The SMILES string of the molecule is COc1ccccc1Nc1nc(Nc2ccc(O)cc2)nc(C(=O)O)c1[N+](=O)[O-]. The van der Waals surface area contributed by atoms with E-state index in [9.17, 15) is 25.1 Å². The number of aromatic carboxylic acids is 1. The molecule has 0 bridgehead atoms. The van der Waals surface area contributed by atoms with Crippen molar-refractivity contribution in [3.05, 3.63) is 64.3 Å². The van der Waals surface area contributed by atoms with Gasteiger partial charge in [-0.1, -0.05) is 12.1 Å². The van der Waals surface area contributed by atoms with Crippen molar-refractivity contribution in [3.8, 4) is 11.5 Å². The number of methoxy groups -OCH3 is 1. The molecule has 11 heteroatoms. The van der Waals surface area contributed by atoms with Crippen LogP contribution in [-0.4, -0.2) is 38.2 Å². The van der Waals surface area contributed by atoms with E-state index < -0.39 is 22.3 Å². The van der Waals surface area contributed by atoms with Crippen molar-refractivity contribution >= 4 is 34.8 Å². The molecule has 0 saturated heterocycles. The van der Waals surface area contributed by atoms with Crippen LogP contribution in [0.2, 0.25) is 0 Å². The summed E-state index contributed by atoms with van der Waals surface area (Å²) in [4.78, 5) is 30.1. The third-order valence-corrected chi connectivity index (χ3v) is 3.75. The smallest absolute Gasteiger partial charge is 0.362 e. The third-order valence-electron chi connectivity index (χ3n) is 3.75. The molecule has 3 aromatic rings. The van der Waals surface area contributed by atoms with E-state index in [0.717, 1.165) is 0 Å². The summed E-state index contributed by atoms with van der Waals surface area (Å²) in [5.74, 6) is -1.68. The highest BCUT2D eigenvalue weighted by atomic mass is 16.6. The van der Waals surface area contributed by atoms with Crippen LogP contribution in [-0.2, 0) is 0 Å². The molecule has 0 atom stereocenters. The number of carbonyl (C=O) groups is 1. The highest BCUT2D eigenvalue weighted by Crippen LogP contribution is 2.34. The zero-order valence-electron chi connectivity index (χ0n) is 15.0. The van der Waals surface area contributed by atoms with Crippen LogP contribution < -0.4 is 15.4 Å². The van der Waals surface area contributed by atoms with Crippen molar-refractivity contribution in [2.45, 2.75) is 0 Å². The predicted octanol–water partition coefficient (Wildman–Crippen LogP) is 3.28. The number of nitrogens with zero attached hydrogens (tertiary/aromatic N) is 3. The summed E-state index contributed by atoms with van der Waals surface area (Å²) >= 11 is 0. The summed E-state index contributed by atoms with van der Waals surface area (Å²) in [6.45, 7) is 0. The van der Waals surface area contributed by atoms with Crippen LogP contribution in [0.5, 0.6) is 11.5 Å². The number of nitro groups is 1. The number of nitrogens with one attached hydrogen (secondary N) is 2. The molecule has 0 unspecified atom stereocenters. The summed E-state index contributed by atoms with van der Waals surface area (Å²) in [7, 11) is 1.43. The van der Waals surface area contributed by atoms with E-state index in [4.69, 9.17) is 4.74 Å². The van der Waals surface area contributed by atoms with Gasteiger partial charge in [0, 0.05) is 5.69 Å². The molecule has 0 fully saturated rings. The molecule has 11 nitrogen and oxygen atoms in total. The van der Waals surface area contributed by atoms with E-state index >= 15 is 0 Å². The van der Waals surface area contributed by atoms with Gasteiger partial charge in [0.2, 0.25) is 17.5 Å². The number of anilines is 4. The Morgan fingerprint density at radius 1 is 1.10 bits per heavy atom. The number of rotatable bonds is 7. The lowest BCUT2D eigenvalue weighted by molar-refractivity contribution is -0.384. The van der Waals surface area contributed by atoms with Crippen molar-refractivity contribution in [2.24, 2.45) is 0 Å². The number of phenolic OH excluding ortho intramolecular Hbond substituents is 1. The maximum Gasteiger partial charge on any atom is 0.362 e. The predicted molar refractivity (Wildman–Crippen MR) is 103 cm³/mol. The zero-order valence-corrected chi connectivity index (χ0v) is 15.0. The van der Waals surface area contributed by atoms with Gasteiger partial charge in [-0.3, -0.25) is 10.1 Å². The molecule has 148 valence electrons.